The van der Waals surface area contributed by atoms with Crippen molar-refractivity contribution in [3.05, 3.63) is 53.6 Å². The second kappa shape index (κ2) is 6.98. The van der Waals surface area contributed by atoms with Gasteiger partial charge in [-0.3, -0.25) is 4.79 Å². The van der Waals surface area contributed by atoms with Crippen molar-refractivity contribution in [2.24, 2.45) is 0 Å². The van der Waals surface area contributed by atoms with Crippen molar-refractivity contribution in [3.8, 4) is 5.75 Å². The van der Waals surface area contributed by atoms with Gasteiger partial charge in [-0.2, -0.15) is 0 Å². The van der Waals surface area contributed by atoms with Crippen LogP contribution in [0.15, 0.2) is 42.5 Å². The van der Waals surface area contributed by atoms with Gasteiger partial charge in [0.2, 0.25) is 5.91 Å². The molecule has 0 bridgehead atoms. The molecule has 0 aliphatic rings. The lowest BCUT2D eigenvalue weighted by Crippen LogP contribution is -2.15. The molecule has 0 radical (unpaired) electrons. The van der Waals surface area contributed by atoms with Crippen LogP contribution < -0.4 is 15.8 Å². The Labute approximate surface area is 131 Å². The van der Waals surface area contributed by atoms with E-state index >= 15 is 0 Å². The van der Waals surface area contributed by atoms with Crippen molar-refractivity contribution in [1.29, 1.82) is 0 Å². The lowest BCUT2D eigenvalue weighted by atomic mass is 9.97. The fourth-order valence-electron chi connectivity index (χ4n) is 2.32. The maximum atomic E-state index is 12.2. The SMILES string of the molecule is COc1cccc(C(C)CC(=O)Nc2cc(N)ccc2C)c1. The van der Waals surface area contributed by atoms with Crippen LogP contribution in [0.2, 0.25) is 0 Å². The Bertz CT molecular complexity index is 668. The highest BCUT2D eigenvalue weighted by molar-refractivity contribution is 5.92. The van der Waals surface area contributed by atoms with Gasteiger partial charge in [0.15, 0.2) is 0 Å². The van der Waals surface area contributed by atoms with Crippen molar-refractivity contribution in [2.45, 2.75) is 26.2 Å². The van der Waals surface area contributed by atoms with Crippen LogP contribution in [0, 0.1) is 6.92 Å². The van der Waals surface area contributed by atoms with Crippen LogP contribution in [-0.4, -0.2) is 13.0 Å². The number of hydrogen-bond donors (Lipinski definition) is 2. The summed E-state index contributed by atoms with van der Waals surface area (Å²) in [6.07, 6.45) is 0.404. The molecular formula is C18H22N2O2. The Balaban J connectivity index is 2.03. The molecule has 2 rings (SSSR count). The monoisotopic (exact) mass is 298 g/mol. The molecule has 3 N–H and O–H groups in total. The van der Waals surface area contributed by atoms with E-state index in [9.17, 15) is 4.79 Å². The van der Waals surface area contributed by atoms with E-state index in [4.69, 9.17) is 10.5 Å². The number of nitrogens with two attached hydrogens (primary N) is 1. The molecule has 1 atom stereocenters. The molecule has 116 valence electrons. The summed E-state index contributed by atoms with van der Waals surface area (Å²) in [5.41, 5.74) is 9.25. The maximum absolute atomic E-state index is 12.2. The van der Waals surface area contributed by atoms with E-state index in [0.29, 0.717) is 12.1 Å². The molecule has 0 spiro atoms. The Kier molecular flexibility index (Phi) is 5.04. The molecule has 22 heavy (non-hydrogen) atoms. The van der Waals surface area contributed by atoms with Crippen LogP contribution >= 0.6 is 0 Å². The van der Waals surface area contributed by atoms with Crippen LogP contribution in [0.4, 0.5) is 11.4 Å². The quantitative estimate of drug-likeness (QED) is 0.827. The summed E-state index contributed by atoms with van der Waals surface area (Å²) in [7, 11) is 1.64. The molecule has 1 unspecified atom stereocenters. The Morgan fingerprint density at radius 2 is 2.05 bits per heavy atom. The first kappa shape index (κ1) is 15.9. The molecule has 0 saturated heterocycles. The summed E-state index contributed by atoms with van der Waals surface area (Å²) >= 11 is 0. The molecule has 0 saturated carbocycles. The zero-order chi connectivity index (χ0) is 16.1. The summed E-state index contributed by atoms with van der Waals surface area (Å²) in [6, 6.07) is 13.3. The van der Waals surface area contributed by atoms with Gasteiger partial charge in [-0.15, -0.1) is 0 Å². The third-order valence-corrected chi connectivity index (χ3v) is 3.69. The van der Waals surface area contributed by atoms with Gasteiger partial charge in [-0.05, 0) is 48.2 Å². The molecule has 4 nitrogen and oxygen atoms in total. The Morgan fingerprint density at radius 3 is 2.77 bits per heavy atom. The molecule has 1 amide bonds. The zero-order valence-electron chi connectivity index (χ0n) is 13.2. The predicted molar refractivity (Wildman–Crippen MR) is 90.2 cm³/mol. The van der Waals surface area contributed by atoms with Crippen LogP contribution in [-0.2, 0) is 4.79 Å². The van der Waals surface area contributed by atoms with Gasteiger partial charge in [-0.25, -0.2) is 0 Å². The molecule has 0 heterocycles. The minimum Gasteiger partial charge on any atom is -0.497 e. The largest absolute Gasteiger partial charge is 0.497 e. The Morgan fingerprint density at radius 1 is 1.27 bits per heavy atom. The molecule has 2 aromatic rings. The van der Waals surface area contributed by atoms with Crippen molar-refractivity contribution in [2.75, 3.05) is 18.2 Å². The summed E-state index contributed by atoms with van der Waals surface area (Å²) in [5, 5.41) is 2.93. The number of anilines is 2. The summed E-state index contributed by atoms with van der Waals surface area (Å²) < 4.78 is 5.22. The molecule has 0 fully saturated rings. The van der Waals surface area contributed by atoms with Gasteiger partial charge in [0.05, 0.1) is 7.11 Å². The van der Waals surface area contributed by atoms with E-state index in [0.717, 1.165) is 22.6 Å². The number of amides is 1. The molecule has 2 aromatic carbocycles. The summed E-state index contributed by atoms with van der Waals surface area (Å²) in [6.45, 7) is 3.97. The van der Waals surface area contributed by atoms with Crippen molar-refractivity contribution in [1.82, 2.24) is 0 Å². The third kappa shape index (κ3) is 4.01. The number of nitrogens with one attached hydrogen (secondary N) is 1. The van der Waals surface area contributed by atoms with Gasteiger partial charge in [0.25, 0.3) is 0 Å². The number of rotatable bonds is 5. The predicted octanol–water partition coefficient (Wildman–Crippen LogP) is 3.72. The minimum atomic E-state index is -0.0241. The smallest absolute Gasteiger partial charge is 0.224 e. The second-order valence-electron chi connectivity index (χ2n) is 5.50. The number of methoxy groups -OCH3 is 1. The molecule has 4 heteroatoms. The lowest BCUT2D eigenvalue weighted by Gasteiger charge is -2.14. The second-order valence-corrected chi connectivity index (χ2v) is 5.50. The van der Waals surface area contributed by atoms with E-state index in [1.165, 1.54) is 0 Å². The van der Waals surface area contributed by atoms with Crippen LogP contribution in [0.25, 0.3) is 0 Å². The fraction of sp³-hybridized carbons (Fsp3) is 0.278. The first-order valence-corrected chi connectivity index (χ1v) is 7.29. The first-order chi connectivity index (χ1) is 10.5. The van der Waals surface area contributed by atoms with Gasteiger partial charge in [-0.1, -0.05) is 25.1 Å². The zero-order valence-corrected chi connectivity index (χ0v) is 13.2. The van der Waals surface area contributed by atoms with Crippen molar-refractivity contribution in [3.63, 3.8) is 0 Å². The van der Waals surface area contributed by atoms with E-state index in [1.54, 1.807) is 13.2 Å². The van der Waals surface area contributed by atoms with Crippen LogP contribution in [0.5, 0.6) is 5.75 Å². The van der Waals surface area contributed by atoms with E-state index in [-0.39, 0.29) is 11.8 Å². The molecule has 0 aromatic heterocycles. The molecule has 0 aliphatic carbocycles. The number of ether oxygens (including phenoxy) is 1. The average Bonchev–Trinajstić information content (AvgIpc) is 2.51. The van der Waals surface area contributed by atoms with Gasteiger partial charge < -0.3 is 15.8 Å². The highest BCUT2D eigenvalue weighted by Crippen LogP contribution is 2.24. The van der Waals surface area contributed by atoms with E-state index in [2.05, 4.69) is 5.32 Å². The molecular weight excluding hydrogens is 276 g/mol. The van der Waals surface area contributed by atoms with Crippen molar-refractivity contribution >= 4 is 17.3 Å². The lowest BCUT2D eigenvalue weighted by molar-refractivity contribution is -0.116. The summed E-state index contributed by atoms with van der Waals surface area (Å²) in [5.74, 6) is 0.886. The van der Waals surface area contributed by atoms with Gasteiger partial charge in [0.1, 0.15) is 5.75 Å². The highest BCUT2D eigenvalue weighted by atomic mass is 16.5. The highest BCUT2D eigenvalue weighted by Gasteiger charge is 2.13. The van der Waals surface area contributed by atoms with Crippen LogP contribution in [0.3, 0.4) is 0 Å². The standard InChI is InChI=1S/C18H22N2O2/c1-12-7-8-15(19)11-17(12)20-18(21)9-13(2)14-5-4-6-16(10-14)22-3/h4-8,10-11,13H,9,19H2,1-3H3,(H,20,21). The summed E-state index contributed by atoms with van der Waals surface area (Å²) in [4.78, 5) is 12.2. The number of hydrogen-bond acceptors (Lipinski definition) is 3. The van der Waals surface area contributed by atoms with Gasteiger partial charge in [0, 0.05) is 17.8 Å². The maximum Gasteiger partial charge on any atom is 0.224 e. The van der Waals surface area contributed by atoms with Crippen LogP contribution in [0.1, 0.15) is 30.4 Å². The number of carbonyl (C=O) groups excluding carboxylic acids is 1. The number of nitrogen functional groups attached to an aromatic ring is 1. The topological polar surface area (TPSA) is 64.3 Å². The van der Waals surface area contributed by atoms with Crippen molar-refractivity contribution < 1.29 is 9.53 Å². The third-order valence-electron chi connectivity index (χ3n) is 3.69. The normalized spacial score (nSPS) is 11.8. The number of aryl methyl sites for hydroxylation is 1. The average molecular weight is 298 g/mol. The number of carbonyl (C=O) groups is 1. The molecule has 0 aliphatic heterocycles. The fourth-order valence-corrected chi connectivity index (χ4v) is 2.32. The Hall–Kier alpha value is -2.49. The van der Waals surface area contributed by atoms with E-state index < -0.39 is 0 Å². The number of benzene rings is 2. The first-order valence-electron chi connectivity index (χ1n) is 7.29. The minimum absolute atomic E-state index is 0.0241. The van der Waals surface area contributed by atoms with Gasteiger partial charge >= 0.3 is 0 Å². The van der Waals surface area contributed by atoms with E-state index in [1.807, 2.05) is 50.2 Å².